The molecule has 0 unspecified atom stereocenters. The predicted octanol–water partition coefficient (Wildman–Crippen LogP) is 0.455. The molecule has 0 bridgehead atoms. The maximum Gasteiger partial charge on any atom is 0.253 e. The number of nitrogens with one attached hydrogen (secondary N) is 2. The van der Waals surface area contributed by atoms with E-state index < -0.39 is 0 Å². The van der Waals surface area contributed by atoms with Crippen molar-refractivity contribution in [1.29, 1.82) is 0 Å². The van der Waals surface area contributed by atoms with Crippen LogP contribution in [0.3, 0.4) is 0 Å². The van der Waals surface area contributed by atoms with Crippen LogP contribution >= 0.6 is 0 Å². The molecule has 7 nitrogen and oxygen atoms in total. The number of aryl methyl sites for hydroxylation is 1. The third-order valence-corrected chi connectivity index (χ3v) is 2.62. The summed E-state index contributed by atoms with van der Waals surface area (Å²) in [5.74, 6) is 0.498. The Morgan fingerprint density at radius 1 is 1.47 bits per heavy atom. The van der Waals surface area contributed by atoms with E-state index in [9.17, 15) is 9.90 Å². The molecule has 2 aromatic rings. The Hall–Kier alpha value is -2.57. The van der Waals surface area contributed by atoms with Gasteiger partial charge in [-0.1, -0.05) is 0 Å². The smallest absolute Gasteiger partial charge is 0.253 e. The van der Waals surface area contributed by atoms with Gasteiger partial charge >= 0.3 is 0 Å². The van der Waals surface area contributed by atoms with Gasteiger partial charge in [-0.25, -0.2) is 4.98 Å². The van der Waals surface area contributed by atoms with Crippen molar-refractivity contribution in [3.05, 3.63) is 35.9 Å². The summed E-state index contributed by atoms with van der Waals surface area (Å²) < 4.78 is 0. The molecule has 0 aliphatic rings. The van der Waals surface area contributed by atoms with Crippen molar-refractivity contribution in [3.63, 3.8) is 0 Å². The number of aromatic nitrogens is 3. The molecule has 0 atom stereocenters. The van der Waals surface area contributed by atoms with Crippen molar-refractivity contribution in [2.24, 2.45) is 0 Å². The van der Waals surface area contributed by atoms with Crippen LogP contribution in [0.15, 0.2) is 24.5 Å². The molecule has 5 N–H and O–H groups in total. The Kier molecular flexibility index (Phi) is 3.97. The number of phenols is 1. The van der Waals surface area contributed by atoms with Gasteiger partial charge in [0, 0.05) is 18.7 Å². The lowest BCUT2D eigenvalue weighted by Gasteiger charge is -2.07. The fourth-order valence-electron chi connectivity index (χ4n) is 1.65. The molecule has 19 heavy (non-hydrogen) atoms. The number of hydrogen-bond donors (Lipinski definition) is 4. The van der Waals surface area contributed by atoms with Crippen LogP contribution < -0.4 is 11.1 Å². The topological polar surface area (TPSA) is 117 Å². The predicted molar refractivity (Wildman–Crippen MR) is 69.6 cm³/mol. The van der Waals surface area contributed by atoms with Crippen molar-refractivity contribution < 1.29 is 9.90 Å². The molecule has 1 amide bonds. The third kappa shape index (κ3) is 3.44. The molecule has 0 aliphatic carbocycles. The summed E-state index contributed by atoms with van der Waals surface area (Å²) in [6, 6.07) is 4.29. The zero-order chi connectivity index (χ0) is 13.7. The number of hydrogen-bond acceptors (Lipinski definition) is 5. The molecule has 1 aromatic heterocycles. The molecule has 0 aliphatic heterocycles. The third-order valence-electron chi connectivity index (χ3n) is 2.62. The number of nitrogens with two attached hydrogens (primary N) is 1. The van der Waals surface area contributed by atoms with E-state index >= 15 is 0 Å². The van der Waals surface area contributed by atoms with Gasteiger partial charge in [0.2, 0.25) is 0 Å². The van der Waals surface area contributed by atoms with Crippen LogP contribution in [0.25, 0.3) is 0 Å². The average Bonchev–Trinajstić information content (AvgIpc) is 2.90. The number of H-pyrrole nitrogens is 1. The number of anilines is 1. The van der Waals surface area contributed by atoms with Gasteiger partial charge in [0.15, 0.2) is 0 Å². The molecule has 0 fully saturated rings. The van der Waals surface area contributed by atoms with Gasteiger partial charge in [-0.05, 0) is 24.6 Å². The highest BCUT2D eigenvalue weighted by atomic mass is 16.3. The molecule has 0 spiro atoms. The second kappa shape index (κ2) is 5.85. The van der Waals surface area contributed by atoms with Crippen LogP contribution in [-0.2, 0) is 6.42 Å². The standard InChI is InChI=1S/C12H15N5O2/c13-10-4-3-8(18)6-9(10)12(19)14-5-1-2-11-15-7-16-17-11/h3-4,6-7,18H,1-2,5,13H2,(H,14,19)(H,15,16,17). The summed E-state index contributed by atoms with van der Waals surface area (Å²) in [4.78, 5) is 15.8. The minimum absolute atomic E-state index is 0.0148. The fraction of sp³-hybridized carbons (Fsp3) is 0.250. The van der Waals surface area contributed by atoms with Crippen LogP contribution in [0.1, 0.15) is 22.6 Å². The minimum atomic E-state index is -0.300. The van der Waals surface area contributed by atoms with E-state index in [1.54, 1.807) is 0 Å². The minimum Gasteiger partial charge on any atom is -0.508 e. The quantitative estimate of drug-likeness (QED) is 0.354. The van der Waals surface area contributed by atoms with Gasteiger partial charge in [-0.2, -0.15) is 5.10 Å². The van der Waals surface area contributed by atoms with Gasteiger partial charge in [0.1, 0.15) is 17.9 Å². The van der Waals surface area contributed by atoms with Gasteiger partial charge < -0.3 is 16.2 Å². The highest BCUT2D eigenvalue weighted by molar-refractivity contribution is 5.99. The first kappa shape index (κ1) is 12.9. The zero-order valence-corrected chi connectivity index (χ0v) is 10.3. The summed E-state index contributed by atoms with van der Waals surface area (Å²) in [7, 11) is 0. The highest BCUT2D eigenvalue weighted by Crippen LogP contribution is 2.18. The fourth-order valence-corrected chi connectivity index (χ4v) is 1.65. The molecule has 100 valence electrons. The zero-order valence-electron chi connectivity index (χ0n) is 10.3. The summed E-state index contributed by atoms with van der Waals surface area (Å²) >= 11 is 0. The van der Waals surface area contributed by atoms with Crippen molar-refractivity contribution in [2.45, 2.75) is 12.8 Å². The number of rotatable bonds is 5. The van der Waals surface area contributed by atoms with Crippen molar-refractivity contribution in [1.82, 2.24) is 20.5 Å². The maximum atomic E-state index is 11.8. The van der Waals surface area contributed by atoms with E-state index in [4.69, 9.17) is 5.73 Å². The summed E-state index contributed by atoms with van der Waals surface area (Å²) in [6.45, 7) is 0.495. The van der Waals surface area contributed by atoms with Gasteiger partial charge in [-0.15, -0.1) is 0 Å². The molecular weight excluding hydrogens is 246 g/mol. The number of amides is 1. The molecule has 1 heterocycles. The number of aromatic amines is 1. The Morgan fingerprint density at radius 3 is 3.05 bits per heavy atom. The van der Waals surface area contributed by atoms with Crippen LogP contribution in [-0.4, -0.2) is 32.7 Å². The van der Waals surface area contributed by atoms with Gasteiger partial charge in [0.05, 0.1) is 5.56 Å². The monoisotopic (exact) mass is 261 g/mol. The van der Waals surface area contributed by atoms with Crippen molar-refractivity contribution >= 4 is 11.6 Å². The maximum absolute atomic E-state index is 11.8. The van der Waals surface area contributed by atoms with E-state index in [1.165, 1.54) is 24.5 Å². The van der Waals surface area contributed by atoms with E-state index in [2.05, 4.69) is 20.5 Å². The Balaban J connectivity index is 1.82. The molecule has 7 heteroatoms. The normalized spacial score (nSPS) is 10.3. The Bertz CT molecular complexity index is 553. The van der Waals surface area contributed by atoms with Crippen molar-refractivity contribution in [3.8, 4) is 5.75 Å². The van der Waals surface area contributed by atoms with Crippen LogP contribution in [0.4, 0.5) is 5.69 Å². The molecule has 2 rings (SSSR count). The number of benzene rings is 1. The number of nitrogen functional groups attached to an aromatic ring is 1. The lowest BCUT2D eigenvalue weighted by molar-refractivity contribution is 0.0953. The first-order valence-corrected chi connectivity index (χ1v) is 5.88. The number of carbonyl (C=O) groups is 1. The number of carbonyl (C=O) groups excluding carboxylic acids is 1. The molecular formula is C12H15N5O2. The first-order valence-electron chi connectivity index (χ1n) is 5.88. The van der Waals surface area contributed by atoms with Gasteiger partial charge in [0.25, 0.3) is 5.91 Å². The van der Waals surface area contributed by atoms with E-state index in [0.717, 1.165) is 12.2 Å². The highest BCUT2D eigenvalue weighted by Gasteiger charge is 2.09. The van der Waals surface area contributed by atoms with Gasteiger partial charge in [-0.3, -0.25) is 9.89 Å². The second-order valence-electron chi connectivity index (χ2n) is 4.06. The van der Waals surface area contributed by atoms with Crippen LogP contribution in [0, 0.1) is 0 Å². The first-order chi connectivity index (χ1) is 9.16. The lowest BCUT2D eigenvalue weighted by atomic mass is 10.1. The van der Waals surface area contributed by atoms with E-state index in [1.807, 2.05) is 0 Å². The summed E-state index contributed by atoms with van der Waals surface area (Å²) in [6.07, 6.45) is 2.89. The van der Waals surface area contributed by atoms with E-state index in [-0.39, 0.29) is 17.2 Å². The Morgan fingerprint density at radius 2 is 2.32 bits per heavy atom. The SMILES string of the molecule is Nc1ccc(O)cc1C(=O)NCCCc1ncn[nH]1. The Labute approximate surface area is 109 Å². The number of aromatic hydroxyl groups is 1. The molecule has 1 aromatic carbocycles. The van der Waals surface area contributed by atoms with E-state index in [0.29, 0.717) is 18.7 Å². The van der Waals surface area contributed by atoms with Crippen LogP contribution in [0.5, 0.6) is 5.75 Å². The average molecular weight is 261 g/mol. The molecule has 0 saturated carbocycles. The molecule has 0 radical (unpaired) electrons. The van der Waals surface area contributed by atoms with Crippen LogP contribution in [0.2, 0.25) is 0 Å². The largest absolute Gasteiger partial charge is 0.508 e. The number of phenolic OH excluding ortho intramolecular Hbond substituents is 1. The lowest BCUT2D eigenvalue weighted by Crippen LogP contribution is -2.25. The van der Waals surface area contributed by atoms with Crippen molar-refractivity contribution in [2.75, 3.05) is 12.3 Å². The molecule has 0 saturated heterocycles. The summed E-state index contributed by atoms with van der Waals surface area (Å²) in [5, 5.41) is 18.5. The summed E-state index contributed by atoms with van der Waals surface area (Å²) in [5.41, 5.74) is 6.29. The number of nitrogens with zero attached hydrogens (tertiary/aromatic N) is 2. The second-order valence-corrected chi connectivity index (χ2v) is 4.06.